The maximum Gasteiger partial charge on any atom is 0.410 e. The minimum Gasteiger partial charge on any atom is -0.487 e. The first-order valence-corrected chi connectivity index (χ1v) is 11.6. The number of amides is 1. The molecule has 1 aliphatic heterocycles. The lowest BCUT2D eigenvalue weighted by atomic mass is 9.96. The zero-order chi connectivity index (χ0) is 24.1. The van der Waals surface area contributed by atoms with Crippen LogP contribution in [0, 0.1) is 0 Å². The third-order valence-electron chi connectivity index (χ3n) is 5.66. The van der Waals surface area contributed by atoms with Crippen LogP contribution in [0.1, 0.15) is 43.2 Å². The fourth-order valence-corrected chi connectivity index (χ4v) is 3.90. The third kappa shape index (κ3) is 6.25. The first-order valence-electron chi connectivity index (χ1n) is 11.6. The fourth-order valence-electron chi connectivity index (χ4n) is 3.90. The molecule has 1 aliphatic rings. The van der Waals surface area contributed by atoms with Gasteiger partial charge in [-0.25, -0.2) is 4.79 Å². The predicted octanol–water partition coefficient (Wildman–Crippen LogP) is 4.36. The summed E-state index contributed by atoms with van der Waals surface area (Å²) in [5.41, 5.74) is 3.73. The fraction of sp³-hybridized carbons (Fsp3) is 0.370. The Morgan fingerprint density at radius 3 is 2.68 bits per heavy atom. The summed E-state index contributed by atoms with van der Waals surface area (Å²) in [7, 11) is 0. The standard InChI is InChI=1S/C27H31N3O4/c1-27(2,3)34-26(32)30-14-10-21-8-7-20(16-22(21)18-30)9-13-29-15-11-24(17-25(29)31)33-19-23-6-4-5-12-28-23/h4-8,11-12,15-17H,9-10,13-14,18-19H2,1-3H3. The van der Waals surface area contributed by atoms with E-state index in [9.17, 15) is 9.59 Å². The number of rotatable bonds is 6. The molecule has 0 bridgehead atoms. The molecule has 0 N–H and O–H groups in total. The van der Waals surface area contributed by atoms with Crippen molar-refractivity contribution in [2.24, 2.45) is 0 Å². The summed E-state index contributed by atoms with van der Waals surface area (Å²) in [4.78, 5) is 31.0. The van der Waals surface area contributed by atoms with Gasteiger partial charge in [0, 0.05) is 38.1 Å². The highest BCUT2D eigenvalue weighted by molar-refractivity contribution is 5.68. The molecule has 0 unspecified atom stereocenters. The molecule has 0 aliphatic carbocycles. The van der Waals surface area contributed by atoms with Crippen LogP contribution in [0.25, 0.3) is 0 Å². The maximum absolute atomic E-state index is 12.5. The predicted molar refractivity (Wildman–Crippen MR) is 130 cm³/mol. The number of hydrogen-bond donors (Lipinski definition) is 0. The summed E-state index contributed by atoms with van der Waals surface area (Å²) < 4.78 is 12.9. The quantitative estimate of drug-likeness (QED) is 0.545. The highest BCUT2D eigenvalue weighted by atomic mass is 16.6. The Morgan fingerprint density at radius 1 is 1.09 bits per heavy atom. The van der Waals surface area contributed by atoms with E-state index >= 15 is 0 Å². The van der Waals surface area contributed by atoms with E-state index in [2.05, 4.69) is 23.2 Å². The van der Waals surface area contributed by atoms with E-state index in [4.69, 9.17) is 9.47 Å². The SMILES string of the molecule is CC(C)(C)OC(=O)N1CCc2ccc(CCn3ccc(OCc4ccccn4)cc3=O)cc2C1. The molecule has 0 atom stereocenters. The molecule has 1 amide bonds. The van der Waals surface area contributed by atoms with Gasteiger partial charge in [-0.05, 0) is 68.5 Å². The third-order valence-corrected chi connectivity index (χ3v) is 5.66. The Bertz CT molecular complexity index is 1200. The van der Waals surface area contributed by atoms with E-state index in [1.54, 1.807) is 27.9 Å². The van der Waals surface area contributed by atoms with Gasteiger partial charge in [0.2, 0.25) is 0 Å². The topological polar surface area (TPSA) is 73.7 Å². The molecule has 0 saturated heterocycles. The number of hydrogen-bond acceptors (Lipinski definition) is 5. The van der Waals surface area contributed by atoms with Crippen LogP contribution in [0.4, 0.5) is 4.79 Å². The number of fused-ring (bicyclic) bond motifs is 1. The van der Waals surface area contributed by atoms with Crippen LogP contribution < -0.4 is 10.3 Å². The molecular formula is C27H31N3O4. The minimum atomic E-state index is -0.508. The Labute approximate surface area is 200 Å². The number of carbonyl (C=O) groups is 1. The number of pyridine rings is 2. The normalized spacial score (nSPS) is 13.3. The van der Waals surface area contributed by atoms with Crippen molar-refractivity contribution in [3.63, 3.8) is 0 Å². The molecule has 3 aromatic rings. The van der Waals surface area contributed by atoms with Gasteiger partial charge in [-0.2, -0.15) is 0 Å². The Balaban J connectivity index is 1.35. The first kappa shape index (κ1) is 23.5. The van der Waals surface area contributed by atoms with Gasteiger partial charge in [-0.3, -0.25) is 9.78 Å². The average molecular weight is 462 g/mol. The summed E-state index contributed by atoms with van der Waals surface area (Å²) in [5.74, 6) is 0.530. The molecule has 1 aromatic carbocycles. The molecule has 7 heteroatoms. The van der Waals surface area contributed by atoms with Gasteiger partial charge >= 0.3 is 6.09 Å². The molecule has 0 radical (unpaired) electrons. The van der Waals surface area contributed by atoms with Gasteiger partial charge < -0.3 is 18.9 Å². The maximum atomic E-state index is 12.5. The molecule has 3 heterocycles. The molecule has 4 rings (SSSR count). The van der Waals surface area contributed by atoms with Crippen LogP contribution >= 0.6 is 0 Å². The van der Waals surface area contributed by atoms with Crippen molar-refractivity contribution >= 4 is 6.09 Å². The number of aryl methyl sites for hydroxylation is 2. The smallest absolute Gasteiger partial charge is 0.410 e. The lowest BCUT2D eigenvalue weighted by Crippen LogP contribution is -2.39. The van der Waals surface area contributed by atoms with Crippen molar-refractivity contribution in [2.45, 2.75) is 58.9 Å². The average Bonchev–Trinajstić information content (AvgIpc) is 2.81. The molecular weight excluding hydrogens is 430 g/mol. The summed E-state index contributed by atoms with van der Waals surface area (Å²) >= 11 is 0. The largest absolute Gasteiger partial charge is 0.487 e. The van der Waals surface area contributed by atoms with Gasteiger partial charge in [0.1, 0.15) is 18.0 Å². The van der Waals surface area contributed by atoms with Gasteiger partial charge in [0.25, 0.3) is 5.56 Å². The summed E-state index contributed by atoms with van der Waals surface area (Å²) in [6.45, 7) is 7.71. The van der Waals surface area contributed by atoms with E-state index < -0.39 is 5.60 Å². The number of aromatic nitrogens is 2. The first-order chi connectivity index (χ1) is 16.3. The van der Waals surface area contributed by atoms with E-state index in [1.807, 2.05) is 39.0 Å². The van der Waals surface area contributed by atoms with E-state index in [1.165, 1.54) is 11.6 Å². The van der Waals surface area contributed by atoms with Crippen LogP contribution in [-0.2, 0) is 37.3 Å². The van der Waals surface area contributed by atoms with E-state index in [0.29, 0.717) is 38.4 Å². The Kier molecular flexibility index (Phi) is 7.01. The molecule has 7 nitrogen and oxygen atoms in total. The molecule has 0 saturated carbocycles. The highest BCUT2D eigenvalue weighted by Crippen LogP contribution is 2.23. The van der Waals surface area contributed by atoms with Crippen molar-refractivity contribution in [2.75, 3.05) is 6.54 Å². The van der Waals surface area contributed by atoms with Crippen LogP contribution in [0.3, 0.4) is 0 Å². The molecule has 0 spiro atoms. The second kappa shape index (κ2) is 10.1. The second-order valence-electron chi connectivity index (χ2n) is 9.51. The van der Waals surface area contributed by atoms with Crippen LogP contribution in [0.2, 0.25) is 0 Å². The lowest BCUT2D eigenvalue weighted by Gasteiger charge is -2.31. The van der Waals surface area contributed by atoms with Crippen LogP contribution in [0.15, 0.2) is 65.7 Å². The zero-order valence-electron chi connectivity index (χ0n) is 20.0. The summed E-state index contributed by atoms with van der Waals surface area (Å²) in [5, 5.41) is 0. The van der Waals surface area contributed by atoms with Crippen molar-refractivity contribution in [3.8, 4) is 5.75 Å². The highest BCUT2D eigenvalue weighted by Gasteiger charge is 2.25. The van der Waals surface area contributed by atoms with Gasteiger partial charge in [-0.1, -0.05) is 24.3 Å². The van der Waals surface area contributed by atoms with E-state index in [-0.39, 0.29) is 11.7 Å². The zero-order valence-corrected chi connectivity index (χ0v) is 20.0. The van der Waals surface area contributed by atoms with Crippen LogP contribution in [0.5, 0.6) is 5.75 Å². The number of ether oxygens (including phenoxy) is 2. The number of nitrogens with zero attached hydrogens (tertiary/aromatic N) is 3. The Morgan fingerprint density at radius 2 is 1.94 bits per heavy atom. The summed E-state index contributed by atoms with van der Waals surface area (Å²) in [6.07, 6.45) is 4.73. The van der Waals surface area contributed by atoms with Crippen molar-refractivity contribution in [1.82, 2.24) is 14.5 Å². The number of benzene rings is 1. The summed E-state index contributed by atoms with van der Waals surface area (Å²) in [6, 6.07) is 15.3. The minimum absolute atomic E-state index is 0.104. The lowest BCUT2D eigenvalue weighted by molar-refractivity contribution is 0.0224. The van der Waals surface area contributed by atoms with E-state index in [0.717, 1.165) is 23.2 Å². The van der Waals surface area contributed by atoms with Crippen molar-refractivity contribution in [3.05, 3.63) is 93.7 Å². The molecule has 2 aromatic heterocycles. The molecule has 34 heavy (non-hydrogen) atoms. The second-order valence-corrected chi connectivity index (χ2v) is 9.51. The van der Waals surface area contributed by atoms with Crippen molar-refractivity contribution in [1.29, 1.82) is 0 Å². The molecule has 178 valence electrons. The van der Waals surface area contributed by atoms with Gasteiger partial charge in [0.15, 0.2) is 0 Å². The van der Waals surface area contributed by atoms with Crippen molar-refractivity contribution < 1.29 is 14.3 Å². The van der Waals surface area contributed by atoms with Gasteiger partial charge in [0.05, 0.1) is 5.69 Å². The number of carbonyl (C=O) groups excluding carboxylic acids is 1. The van der Waals surface area contributed by atoms with Crippen LogP contribution in [-0.4, -0.2) is 32.7 Å². The Hall–Kier alpha value is -3.61. The van der Waals surface area contributed by atoms with Gasteiger partial charge in [-0.15, -0.1) is 0 Å². The molecule has 0 fully saturated rings. The monoisotopic (exact) mass is 461 g/mol.